The van der Waals surface area contributed by atoms with Crippen LogP contribution in [0.1, 0.15) is 24.3 Å². The van der Waals surface area contributed by atoms with Gasteiger partial charge in [0, 0.05) is 62.9 Å². The Morgan fingerprint density at radius 2 is 2.19 bits per heavy atom. The van der Waals surface area contributed by atoms with Crippen molar-refractivity contribution in [1.82, 2.24) is 20.2 Å². The van der Waals surface area contributed by atoms with Crippen molar-refractivity contribution in [3.05, 3.63) is 42.1 Å². The molecule has 3 unspecified atom stereocenters. The van der Waals surface area contributed by atoms with Crippen LogP contribution in [0.2, 0.25) is 0 Å². The Morgan fingerprint density at radius 1 is 1.35 bits per heavy atom. The van der Waals surface area contributed by atoms with E-state index in [0.29, 0.717) is 32.5 Å². The van der Waals surface area contributed by atoms with Crippen molar-refractivity contribution >= 4 is 28.9 Å². The number of carbonyl (C=O) groups is 1. The van der Waals surface area contributed by atoms with Crippen LogP contribution < -0.4 is 11.1 Å². The Bertz CT molecular complexity index is 979. The molecule has 164 valence electrons. The Morgan fingerprint density at radius 3 is 3.03 bits per heavy atom. The maximum atomic E-state index is 11.6. The first-order valence-electron chi connectivity index (χ1n) is 10.7. The Balaban J connectivity index is 1.46. The van der Waals surface area contributed by atoms with Gasteiger partial charge in [-0.3, -0.25) is 15.2 Å². The van der Waals surface area contributed by atoms with E-state index >= 15 is 0 Å². The molecule has 2 aliphatic rings. The molecule has 3 atom stereocenters. The van der Waals surface area contributed by atoms with Crippen molar-refractivity contribution in [3.8, 4) is 0 Å². The number of nitrogens with zero attached hydrogens (tertiary/aromatic N) is 4. The first-order valence-corrected chi connectivity index (χ1v) is 10.7. The summed E-state index contributed by atoms with van der Waals surface area (Å²) in [4.78, 5) is 18.3. The van der Waals surface area contributed by atoms with E-state index in [1.165, 1.54) is 0 Å². The number of rotatable bonds is 6. The number of aliphatic hydroxyl groups is 1. The van der Waals surface area contributed by atoms with E-state index in [2.05, 4.69) is 26.4 Å². The third kappa shape index (κ3) is 4.73. The van der Waals surface area contributed by atoms with Crippen molar-refractivity contribution in [2.75, 3.05) is 32.8 Å². The number of amides is 1. The molecule has 5 N–H and O–H groups in total. The third-order valence-electron chi connectivity index (χ3n) is 5.99. The first kappa shape index (κ1) is 21.4. The van der Waals surface area contributed by atoms with E-state index in [4.69, 9.17) is 11.1 Å². The van der Waals surface area contributed by atoms with E-state index in [1.54, 1.807) is 11.2 Å². The number of aliphatic hydroxyl groups excluding tert-OH is 1. The van der Waals surface area contributed by atoms with Gasteiger partial charge in [-0.15, -0.1) is 0 Å². The van der Waals surface area contributed by atoms with E-state index in [0.717, 1.165) is 23.0 Å². The summed E-state index contributed by atoms with van der Waals surface area (Å²) in [7, 11) is 0. The minimum atomic E-state index is -0.510. The van der Waals surface area contributed by atoms with E-state index in [1.807, 2.05) is 30.5 Å². The lowest BCUT2D eigenvalue weighted by Crippen LogP contribution is -2.47. The van der Waals surface area contributed by atoms with Gasteiger partial charge in [-0.05, 0) is 24.1 Å². The average Bonchev–Trinajstić information content (AvgIpc) is 3.04. The van der Waals surface area contributed by atoms with Gasteiger partial charge in [-0.2, -0.15) is 5.10 Å². The molecular formula is C22H29N7O2. The molecule has 1 saturated heterocycles. The molecule has 3 heterocycles. The number of hydrogen-bond donors (Lipinski definition) is 4. The molecule has 4 rings (SSSR count). The summed E-state index contributed by atoms with van der Waals surface area (Å²) < 4.78 is 0. The van der Waals surface area contributed by atoms with Gasteiger partial charge in [0.2, 0.25) is 5.91 Å². The topological polar surface area (TPSA) is 131 Å². The van der Waals surface area contributed by atoms with Gasteiger partial charge in [0.15, 0.2) is 0 Å². The number of para-hydroxylation sites is 1. The fourth-order valence-corrected chi connectivity index (χ4v) is 4.20. The van der Waals surface area contributed by atoms with Crippen LogP contribution in [0.3, 0.4) is 0 Å². The zero-order valence-electron chi connectivity index (χ0n) is 17.4. The van der Waals surface area contributed by atoms with Crippen LogP contribution in [-0.4, -0.2) is 76.9 Å². The van der Waals surface area contributed by atoms with Crippen LogP contribution in [0.15, 0.2) is 41.6 Å². The second kappa shape index (κ2) is 9.51. The molecule has 31 heavy (non-hydrogen) atoms. The standard InChI is InChI=1S/C22H29N7O2/c23-21(16(6-10-30)14-28-8-5-20(31)25-7-9-28)29-22(24)18(13-27-29)17-11-15-3-1-2-4-19(15)26-12-17/h1-4,11-13,16,18,22-23,30H,5-10,14,24H2,(H,25,31). The van der Waals surface area contributed by atoms with Gasteiger partial charge >= 0.3 is 0 Å². The molecule has 0 spiro atoms. The number of fused-ring (bicyclic) bond motifs is 1. The van der Waals surface area contributed by atoms with E-state index < -0.39 is 6.17 Å². The van der Waals surface area contributed by atoms with Gasteiger partial charge in [0.1, 0.15) is 12.0 Å². The Kier molecular flexibility index (Phi) is 6.55. The summed E-state index contributed by atoms with van der Waals surface area (Å²) in [6, 6.07) is 9.98. The van der Waals surface area contributed by atoms with Crippen molar-refractivity contribution in [1.29, 1.82) is 5.41 Å². The summed E-state index contributed by atoms with van der Waals surface area (Å²) in [5.41, 5.74) is 8.40. The van der Waals surface area contributed by atoms with Gasteiger partial charge < -0.3 is 21.1 Å². The molecule has 1 fully saturated rings. The lowest BCUT2D eigenvalue weighted by molar-refractivity contribution is -0.120. The van der Waals surface area contributed by atoms with Crippen molar-refractivity contribution in [2.24, 2.45) is 16.8 Å². The smallest absolute Gasteiger partial charge is 0.221 e. The molecule has 2 aromatic rings. The molecule has 1 aromatic heterocycles. The molecule has 0 radical (unpaired) electrons. The third-order valence-corrected chi connectivity index (χ3v) is 5.99. The number of aromatic nitrogens is 1. The van der Waals surface area contributed by atoms with Crippen LogP contribution in [0.5, 0.6) is 0 Å². The predicted molar refractivity (Wildman–Crippen MR) is 120 cm³/mol. The summed E-state index contributed by atoms with van der Waals surface area (Å²) in [5.74, 6) is -0.0611. The average molecular weight is 424 g/mol. The lowest BCUT2D eigenvalue weighted by atomic mass is 9.97. The number of hydrogen-bond acceptors (Lipinski definition) is 7. The number of nitrogens with one attached hydrogen (secondary N) is 2. The van der Waals surface area contributed by atoms with Gasteiger partial charge in [0.05, 0.1) is 11.4 Å². The van der Waals surface area contributed by atoms with Crippen LogP contribution >= 0.6 is 0 Å². The fourth-order valence-electron chi connectivity index (χ4n) is 4.20. The van der Waals surface area contributed by atoms with Crippen LogP contribution in [0, 0.1) is 11.3 Å². The summed E-state index contributed by atoms with van der Waals surface area (Å²) in [5, 5.41) is 28.2. The largest absolute Gasteiger partial charge is 0.396 e. The number of carbonyl (C=O) groups excluding carboxylic acids is 1. The highest BCUT2D eigenvalue weighted by atomic mass is 16.3. The molecule has 1 amide bonds. The monoisotopic (exact) mass is 423 g/mol. The molecule has 9 heteroatoms. The van der Waals surface area contributed by atoms with Crippen molar-refractivity contribution in [2.45, 2.75) is 24.9 Å². The second-order valence-electron chi connectivity index (χ2n) is 8.08. The number of amidine groups is 1. The molecular weight excluding hydrogens is 394 g/mol. The lowest BCUT2D eigenvalue weighted by Gasteiger charge is -2.31. The van der Waals surface area contributed by atoms with Gasteiger partial charge in [-0.25, -0.2) is 5.01 Å². The SMILES string of the molecule is N=C(C(CCO)CN1CCNC(=O)CC1)N1N=CC(c2cnc3ccccc3c2)C1N. The Labute approximate surface area is 181 Å². The van der Waals surface area contributed by atoms with Gasteiger partial charge in [0.25, 0.3) is 0 Å². The predicted octanol–water partition coefficient (Wildman–Crippen LogP) is 0.702. The van der Waals surface area contributed by atoms with E-state index in [9.17, 15) is 9.90 Å². The minimum Gasteiger partial charge on any atom is -0.396 e. The highest BCUT2D eigenvalue weighted by Crippen LogP contribution is 2.28. The highest BCUT2D eigenvalue weighted by molar-refractivity contribution is 5.87. The van der Waals surface area contributed by atoms with Crippen LogP contribution in [0.4, 0.5) is 0 Å². The van der Waals surface area contributed by atoms with Gasteiger partial charge in [-0.1, -0.05) is 18.2 Å². The summed E-state index contributed by atoms with van der Waals surface area (Å²) >= 11 is 0. The molecule has 0 aliphatic carbocycles. The summed E-state index contributed by atoms with van der Waals surface area (Å²) in [6.07, 6.45) is 3.97. The van der Waals surface area contributed by atoms with E-state index in [-0.39, 0.29) is 30.2 Å². The number of benzene rings is 1. The highest BCUT2D eigenvalue weighted by Gasteiger charge is 2.35. The zero-order chi connectivity index (χ0) is 21.8. The van der Waals surface area contributed by atoms with Crippen molar-refractivity contribution in [3.63, 3.8) is 0 Å². The molecule has 0 saturated carbocycles. The number of pyridine rings is 1. The molecule has 9 nitrogen and oxygen atoms in total. The Hall–Kier alpha value is -2.88. The fraction of sp³-hybridized carbons (Fsp3) is 0.455. The molecule has 0 bridgehead atoms. The first-order chi connectivity index (χ1) is 15.1. The van der Waals surface area contributed by atoms with Crippen LogP contribution in [-0.2, 0) is 4.79 Å². The van der Waals surface area contributed by atoms with Crippen molar-refractivity contribution < 1.29 is 9.90 Å². The zero-order valence-corrected chi connectivity index (χ0v) is 17.4. The normalized spacial score (nSPS) is 23.0. The molecule has 2 aliphatic heterocycles. The number of hydrazone groups is 1. The maximum Gasteiger partial charge on any atom is 0.221 e. The van der Waals surface area contributed by atoms with Crippen LogP contribution in [0.25, 0.3) is 10.9 Å². The minimum absolute atomic E-state index is 0.0249. The number of nitrogens with two attached hydrogens (primary N) is 1. The quantitative estimate of drug-likeness (QED) is 0.400. The summed E-state index contributed by atoms with van der Waals surface area (Å²) in [6.45, 7) is 2.51. The maximum absolute atomic E-state index is 11.6. The molecule has 1 aromatic carbocycles. The second-order valence-corrected chi connectivity index (χ2v) is 8.08.